The Morgan fingerprint density at radius 2 is 1.69 bits per heavy atom. The number of carbonyl (C=O) groups is 1. The van der Waals surface area contributed by atoms with Crippen molar-refractivity contribution >= 4 is 17.3 Å². The average Bonchev–Trinajstić information content (AvgIpc) is 3.10. The van der Waals surface area contributed by atoms with Crippen molar-refractivity contribution in [3.8, 4) is 0 Å². The Hall–Kier alpha value is -3.49. The van der Waals surface area contributed by atoms with Crippen LogP contribution in [0.4, 0.5) is 11.4 Å². The molecule has 9 nitrogen and oxygen atoms in total. The van der Waals surface area contributed by atoms with Gasteiger partial charge < -0.3 is 5.32 Å². The number of aromatic nitrogens is 4. The fourth-order valence-corrected chi connectivity index (χ4v) is 3.37. The highest BCUT2D eigenvalue weighted by molar-refractivity contribution is 5.91. The fourth-order valence-electron chi connectivity index (χ4n) is 3.37. The number of amides is 1. The Morgan fingerprint density at radius 1 is 1.03 bits per heavy atom. The Morgan fingerprint density at radius 3 is 2.31 bits per heavy atom. The number of rotatable bonds is 7. The van der Waals surface area contributed by atoms with E-state index < -0.39 is 4.92 Å². The summed E-state index contributed by atoms with van der Waals surface area (Å²) in [6, 6.07) is 9.98. The third kappa shape index (κ3) is 4.34. The van der Waals surface area contributed by atoms with Crippen molar-refractivity contribution in [3.05, 3.63) is 68.8 Å². The molecule has 0 radical (unpaired) electrons. The number of benzene rings is 1. The van der Waals surface area contributed by atoms with E-state index in [1.807, 2.05) is 48.9 Å². The zero-order valence-electron chi connectivity index (χ0n) is 17.0. The van der Waals surface area contributed by atoms with Crippen molar-refractivity contribution in [2.75, 3.05) is 5.32 Å². The molecule has 0 atom stereocenters. The van der Waals surface area contributed by atoms with Crippen molar-refractivity contribution < 1.29 is 9.72 Å². The Balaban J connectivity index is 1.67. The second kappa shape index (κ2) is 8.26. The van der Waals surface area contributed by atoms with Crippen LogP contribution in [0.1, 0.15) is 34.8 Å². The van der Waals surface area contributed by atoms with Gasteiger partial charge in [-0.2, -0.15) is 10.2 Å². The van der Waals surface area contributed by atoms with Crippen LogP contribution in [0, 0.1) is 37.8 Å². The zero-order valence-corrected chi connectivity index (χ0v) is 17.0. The lowest BCUT2D eigenvalue weighted by Gasteiger charge is -2.08. The molecule has 0 spiro atoms. The minimum atomic E-state index is -0.442. The molecule has 0 bridgehead atoms. The highest BCUT2D eigenvalue weighted by Crippen LogP contribution is 2.23. The van der Waals surface area contributed by atoms with Crippen molar-refractivity contribution in [1.29, 1.82) is 0 Å². The van der Waals surface area contributed by atoms with Gasteiger partial charge in [-0.1, -0.05) is 30.3 Å². The standard InChI is InChI=1S/C20H24N6O3/c1-13-19(15(3)25(22-13)12-17-8-6-5-7-9-17)21-18(27)10-11-24-16(4)20(26(28)29)14(2)23-24/h5-9H,10-12H2,1-4H3,(H,21,27). The second-order valence-electron chi connectivity index (χ2n) is 6.99. The number of anilines is 1. The number of hydrogen-bond acceptors (Lipinski definition) is 5. The summed E-state index contributed by atoms with van der Waals surface area (Å²) in [6.45, 7) is 7.90. The molecule has 0 aliphatic heterocycles. The van der Waals surface area contributed by atoms with Gasteiger partial charge in [-0.25, -0.2) is 0 Å². The lowest BCUT2D eigenvalue weighted by molar-refractivity contribution is -0.386. The highest BCUT2D eigenvalue weighted by Gasteiger charge is 2.22. The molecule has 1 N–H and O–H groups in total. The summed E-state index contributed by atoms with van der Waals surface area (Å²) in [5, 5.41) is 22.7. The molecule has 0 aliphatic carbocycles. The molecule has 2 aromatic heterocycles. The first-order valence-electron chi connectivity index (χ1n) is 9.34. The maximum Gasteiger partial charge on any atom is 0.312 e. The molecule has 3 aromatic rings. The molecule has 0 aliphatic rings. The molecule has 3 rings (SSSR count). The molecule has 29 heavy (non-hydrogen) atoms. The molecule has 0 saturated carbocycles. The number of nitrogens with zero attached hydrogens (tertiary/aromatic N) is 5. The first-order chi connectivity index (χ1) is 13.8. The summed E-state index contributed by atoms with van der Waals surface area (Å²) in [5.41, 5.74) is 4.24. The van der Waals surface area contributed by atoms with Gasteiger partial charge in [0.15, 0.2) is 0 Å². The van der Waals surface area contributed by atoms with Crippen LogP contribution < -0.4 is 5.32 Å². The highest BCUT2D eigenvalue weighted by atomic mass is 16.6. The quantitative estimate of drug-likeness (QED) is 0.487. The van der Waals surface area contributed by atoms with E-state index in [9.17, 15) is 14.9 Å². The van der Waals surface area contributed by atoms with E-state index in [2.05, 4.69) is 15.5 Å². The van der Waals surface area contributed by atoms with Crippen LogP contribution in [0.2, 0.25) is 0 Å². The molecule has 152 valence electrons. The van der Waals surface area contributed by atoms with Gasteiger partial charge in [0.25, 0.3) is 0 Å². The molecule has 0 fully saturated rings. The summed E-state index contributed by atoms with van der Waals surface area (Å²) >= 11 is 0. The predicted octanol–water partition coefficient (Wildman–Crippen LogP) is 3.30. The Kier molecular flexibility index (Phi) is 5.76. The SMILES string of the molecule is Cc1nn(Cc2ccccc2)c(C)c1NC(=O)CCn1nc(C)c([N+](=O)[O-])c1C. The first kappa shape index (κ1) is 20.2. The van der Waals surface area contributed by atoms with Crippen molar-refractivity contribution in [2.45, 2.75) is 47.2 Å². The number of carbonyl (C=O) groups excluding carboxylic acids is 1. The zero-order chi connectivity index (χ0) is 21.1. The van der Waals surface area contributed by atoms with Crippen molar-refractivity contribution in [2.24, 2.45) is 0 Å². The van der Waals surface area contributed by atoms with E-state index in [4.69, 9.17) is 0 Å². The molecular formula is C20H24N6O3. The van der Waals surface area contributed by atoms with Crippen LogP contribution in [0.3, 0.4) is 0 Å². The topological polar surface area (TPSA) is 108 Å². The minimum absolute atomic E-state index is 0.000662. The van der Waals surface area contributed by atoms with Gasteiger partial charge in [0.05, 0.1) is 35.1 Å². The van der Waals surface area contributed by atoms with Crippen molar-refractivity contribution in [3.63, 3.8) is 0 Å². The van der Waals surface area contributed by atoms with Crippen molar-refractivity contribution in [1.82, 2.24) is 19.6 Å². The van der Waals surface area contributed by atoms with Gasteiger partial charge >= 0.3 is 5.69 Å². The molecular weight excluding hydrogens is 372 g/mol. The van der Waals surface area contributed by atoms with E-state index in [0.717, 1.165) is 17.0 Å². The van der Waals surface area contributed by atoms with Crippen LogP contribution in [-0.2, 0) is 17.9 Å². The first-order valence-corrected chi connectivity index (χ1v) is 9.34. The number of nitrogens with one attached hydrogen (secondary N) is 1. The van der Waals surface area contributed by atoms with E-state index in [1.54, 1.807) is 13.8 Å². The van der Waals surface area contributed by atoms with Gasteiger partial charge in [0.1, 0.15) is 11.4 Å². The number of aryl methyl sites for hydroxylation is 3. The summed E-state index contributed by atoms with van der Waals surface area (Å²) in [4.78, 5) is 23.1. The maximum atomic E-state index is 12.5. The summed E-state index contributed by atoms with van der Waals surface area (Å²) in [6.07, 6.45) is 0.155. The largest absolute Gasteiger partial charge is 0.323 e. The molecule has 9 heteroatoms. The second-order valence-corrected chi connectivity index (χ2v) is 6.99. The van der Waals surface area contributed by atoms with Gasteiger partial charge in [-0.3, -0.25) is 24.3 Å². The Labute approximate surface area is 168 Å². The maximum absolute atomic E-state index is 12.5. The fraction of sp³-hybridized carbons (Fsp3) is 0.350. The van der Waals surface area contributed by atoms with Crippen LogP contribution in [0.5, 0.6) is 0 Å². The van der Waals surface area contributed by atoms with E-state index in [0.29, 0.717) is 23.6 Å². The summed E-state index contributed by atoms with van der Waals surface area (Å²) < 4.78 is 3.37. The molecule has 0 unspecified atom stereocenters. The van der Waals surface area contributed by atoms with E-state index in [-0.39, 0.29) is 24.6 Å². The lowest BCUT2D eigenvalue weighted by Crippen LogP contribution is -2.16. The third-order valence-corrected chi connectivity index (χ3v) is 4.90. The van der Waals surface area contributed by atoms with Gasteiger partial charge in [-0.15, -0.1) is 0 Å². The van der Waals surface area contributed by atoms with Crippen LogP contribution in [0.25, 0.3) is 0 Å². The van der Waals surface area contributed by atoms with Crippen LogP contribution >= 0.6 is 0 Å². The molecule has 0 saturated heterocycles. The van der Waals surface area contributed by atoms with Crippen LogP contribution in [0.15, 0.2) is 30.3 Å². The van der Waals surface area contributed by atoms with E-state index >= 15 is 0 Å². The minimum Gasteiger partial charge on any atom is -0.323 e. The van der Waals surface area contributed by atoms with Gasteiger partial charge in [-0.05, 0) is 33.3 Å². The molecule has 1 amide bonds. The number of nitro groups is 1. The number of hydrogen-bond donors (Lipinski definition) is 1. The third-order valence-electron chi connectivity index (χ3n) is 4.90. The van der Waals surface area contributed by atoms with E-state index in [1.165, 1.54) is 4.68 Å². The van der Waals surface area contributed by atoms with Gasteiger partial charge in [0.2, 0.25) is 5.91 Å². The average molecular weight is 396 g/mol. The smallest absolute Gasteiger partial charge is 0.312 e. The predicted molar refractivity (Wildman–Crippen MR) is 109 cm³/mol. The van der Waals surface area contributed by atoms with Crippen LogP contribution in [-0.4, -0.2) is 30.4 Å². The summed E-state index contributed by atoms with van der Waals surface area (Å²) in [5.74, 6) is -0.189. The molecule has 1 aromatic carbocycles. The molecule has 2 heterocycles. The van der Waals surface area contributed by atoms with Gasteiger partial charge in [0, 0.05) is 6.42 Å². The monoisotopic (exact) mass is 396 g/mol. The Bertz CT molecular complexity index is 1050. The lowest BCUT2D eigenvalue weighted by atomic mass is 10.2. The summed E-state index contributed by atoms with van der Waals surface area (Å²) in [7, 11) is 0. The normalized spacial score (nSPS) is 10.9.